The van der Waals surface area contributed by atoms with Gasteiger partial charge in [-0.05, 0) is 36.8 Å². The third-order valence-electron chi connectivity index (χ3n) is 2.41. The number of halogens is 1. The molecule has 2 aromatic rings. The largest absolute Gasteiger partial charge is 0.490 e. The Labute approximate surface area is 112 Å². The predicted molar refractivity (Wildman–Crippen MR) is 74.7 cm³/mol. The number of hydrogen-bond donors (Lipinski definition) is 1. The maximum Gasteiger partial charge on any atom is 0.173 e. The lowest BCUT2D eigenvalue weighted by Gasteiger charge is -2.11. The Morgan fingerprint density at radius 1 is 1.28 bits per heavy atom. The SMILES string of the molecule is CCOc1cccnc1Nc1cccc(CCl)c1. The van der Waals surface area contributed by atoms with Gasteiger partial charge in [0, 0.05) is 17.8 Å². The molecule has 2 rings (SSSR count). The molecular weight excluding hydrogens is 248 g/mol. The van der Waals surface area contributed by atoms with Crippen LogP contribution < -0.4 is 10.1 Å². The highest BCUT2D eigenvalue weighted by molar-refractivity contribution is 6.17. The molecule has 0 saturated carbocycles. The number of nitrogens with zero attached hydrogens (tertiary/aromatic N) is 1. The van der Waals surface area contributed by atoms with Gasteiger partial charge in [0.05, 0.1) is 6.61 Å². The van der Waals surface area contributed by atoms with Crippen LogP contribution in [0.15, 0.2) is 42.6 Å². The summed E-state index contributed by atoms with van der Waals surface area (Å²) in [5.41, 5.74) is 2.02. The van der Waals surface area contributed by atoms with Crippen molar-refractivity contribution in [3.05, 3.63) is 48.2 Å². The molecule has 1 heterocycles. The van der Waals surface area contributed by atoms with Crippen LogP contribution in [0, 0.1) is 0 Å². The predicted octanol–water partition coefficient (Wildman–Crippen LogP) is 3.96. The van der Waals surface area contributed by atoms with Gasteiger partial charge in [0.15, 0.2) is 11.6 Å². The smallest absolute Gasteiger partial charge is 0.173 e. The van der Waals surface area contributed by atoms with Crippen molar-refractivity contribution in [2.24, 2.45) is 0 Å². The van der Waals surface area contributed by atoms with E-state index in [-0.39, 0.29) is 0 Å². The van der Waals surface area contributed by atoms with Gasteiger partial charge in [-0.1, -0.05) is 12.1 Å². The van der Waals surface area contributed by atoms with Gasteiger partial charge in [-0.15, -0.1) is 11.6 Å². The van der Waals surface area contributed by atoms with E-state index in [1.54, 1.807) is 6.20 Å². The molecule has 1 aromatic carbocycles. The third-order valence-corrected chi connectivity index (χ3v) is 2.72. The van der Waals surface area contributed by atoms with Crippen LogP contribution in [0.1, 0.15) is 12.5 Å². The van der Waals surface area contributed by atoms with Gasteiger partial charge in [-0.25, -0.2) is 4.98 Å². The Hall–Kier alpha value is -1.74. The number of nitrogens with one attached hydrogen (secondary N) is 1. The second kappa shape index (κ2) is 6.26. The normalized spacial score (nSPS) is 10.1. The van der Waals surface area contributed by atoms with E-state index < -0.39 is 0 Å². The molecule has 0 bridgehead atoms. The summed E-state index contributed by atoms with van der Waals surface area (Å²) in [5, 5.41) is 3.24. The second-order valence-electron chi connectivity index (χ2n) is 3.74. The van der Waals surface area contributed by atoms with Crippen molar-refractivity contribution >= 4 is 23.1 Å². The molecule has 94 valence electrons. The van der Waals surface area contributed by atoms with Crippen molar-refractivity contribution in [2.75, 3.05) is 11.9 Å². The first kappa shape index (κ1) is 12.7. The van der Waals surface area contributed by atoms with Crippen LogP contribution in [0.2, 0.25) is 0 Å². The number of rotatable bonds is 5. The summed E-state index contributed by atoms with van der Waals surface area (Å²) in [5.74, 6) is 1.96. The number of alkyl halides is 1. The highest BCUT2D eigenvalue weighted by Gasteiger charge is 2.04. The summed E-state index contributed by atoms with van der Waals surface area (Å²) < 4.78 is 5.51. The molecule has 1 N–H and O–H groups in total. The number of anilines is 2. The number of pyridine rings is 1. The van der Waals surface area contributed by atoms with E-state index in [4.69, 9.17) is 16.3 Å². The monoisotopic (exact) mass is 262 g/mol. The van der Waals surface area contributed by atoms with Crippen molar-refractivity contribution in [3.8, 4) is 5.75 Å². The average molecular weight is 263 g/mol. The van der Waals surface area contributed by atoms with Gasteiger partial charge in [0.2, 0.25) is 0 Å². The first-order valence-corrected chi connectivity index (χ1v) is 6.36. The van der Waals surface area contributed by atoms with Crippen LogP contribution in [0.25, 0.3) is 0 Å². The number of aromatic nitrogens is 1. The molecule has 0 radical (unpaired) electrons. The van der Waals surface area contributed by atoms with Crippen molar-refractivity contribution in [1.82, 2.24) is 4.98 Å². The average Bonchev–Trinajstić information content (AvgIpc) is 2.41. The van der Waals surface area contributed by atoms with Gasteiger partial charge in [0.1, 0.15) is 0 Å². The fourth-order valence-corrected chi connectivity index (χ4v) is 1.79. The molecule has 0 saturated heterocycles. The van der Waals surface area contributed by atoms with E-state index in [9.17, 15) is 0 Å². The molecule has 1 aromatic heterocycles. The lowest BCUT2D eigenvalue weighted by molar-refractivity contribution is 0.341. The maximum absolute atomic E-state index is 5.81. The summed E-state index contributed by atoms with van der Waals surface area (Å²) >= 11 is 5.81. The van der Waals surface area contributed by atoms with Gasteiger partial charge in [-0.2, -0.15) is 0 Å². The fraction of sp³-hybridized carbons (Fsp3) is 0.214. The van der Waals surface area contributed by atoms with Crippen LogP contribution in [-0.4, -0.2) is 11.6 Å². The summed E-state index contributed by atoms with van der Waals surface area (Å²) in [6.45, 7) is 2.56. The van der Waals surface area contributed by atoms with Crippen molar-refractivity contribution in [1.29, 1.82) is 0 Å². The van der Waals surface area contributed by atoms with Crippen LogP contribution >= 0.6 is 11.6 Å². The molecule has 4 heteroatoms. The molecule has 0 aliphatic heterocycles. The van der Waals surface area contributed by atoms with Gasteiger partial charge in [0.25, 0.3) is 0 Å². The van der Waals surface area contributed by atoms with Crippen LogP contribution in [-0.2, 0) is 5.88 Å². The highest BCUT2D eigenvalue weighted by atomic mass is 35.5. The second-order valence-corrected chi connectivity index (χ2v) is 4.01. The minimum absolute atomic E-state index is 0.496. The maximum atomic E-state index is 5.81. The molecule has 0 spiro atoms. The summed E-state index contributed by atoms with van der Waals surface area (Å²) in [6.07, 6.45) is 1.73. The Bertz CT molecular complexity index is 517. The Kier molecular flexibility index (Phi) is 4.42. The molecule has 0 atom stereocenters. The molecular formula is C14H15ClN2O. The zero-order chi connectivity index (χ0) is 12.8. The van der Waals surface area contributed by atoms with E-state index in [0.29, 0.717) is 18.3 Å². The van der Waals surface area contributed by atoms with Crippen LogP contribution in [0.4, 0.5) is 11.5 Å². The highest BCUT2D eigenvalue weighted by Crippen LogP contribution is 2.25. The molecule has 0 aliphatic rings. The summed E-state index contributed by atoms with van der Waals surface area (Å²) in [6, 6.07) is 11.7. The number of hydrogen-bond acceptors (Lipinski definition) is 3. The van der Waals surface area contributed by atoms with Gasteiger partial charge >= 0.3 is 0 Å². The molecule has 3 nitrogen and oxygen atoms in total. The first-order chi connectivity index (χ1) is 8.83. The van der Waals surface area contributed by atoms with E-state index >= 15 is 0 Å². The van der Waals surface area contributed by atoms with Gasteiger partial charge < -0.3 is 10.1 Å². The van der Waals surface area contributed by atoms with Crippen molar-refractivity contribution in [3.63, 3.8) is 0 Å². The zero-order valence-electron chi connectivity index (χ0n) is 10.2. The Morgan fingerprint density at radius 3 is 2.94 bits per heavy atom. The summed E-state index contributed by atoms with van der Waals surface area (Å²) in [4.78, 5) is 4.28. The topological polar surface area (TPSA) is 34.1 Å². The summed E-state index contributed by atoms with van der Waals surface area (Å²) in [7, 11) is 0. The van der Waals surface area contributed by atoms with Crippen LogP contribution in [0.5, 0.6) is 5.75 Å². The minimum atomic E-state index is 0.496. The lowest BCUT2D eigenvalue weighted by Crippen LogP contribution is -1.99. The zero-order valence-corrected chi connectivity index (χ0v) is 10.9. The standard InChI is InChI=1S/C14H15ClN2O/c1-2-18-13-7-4-8-16-14(13)17-12-6-3-5-11(9-12)10-15/h3-9H,2,10H2,1H3,(H,16,17). The van der Waals surface area contributed by atoms with E-state index in [1.807, 2.05) is 43.3 Å². The lowest BCUT2D eigenvalue weighted by atomic mass is 10.2. The van der Waals surface area contributed by atoms with Crippen LogP contribution in [0.3, 0.4) is 0 Å². The first-order valence-electron chi connectivity index (χ1n) is 5.83. The van der Waals surface area contributed by atoms with Crippen molar-refractivity contribution in [2.45, 2.75) is 12.8 Å². The number of ether oxygens (including phenoxy) is 1. The minimum Gasteiger partial charge on any atom is -0.490 e. The molecule has 0 aliphatic carbocycles. The molecule has 0 amide bonds. The number of benzene rings is 1. The molecule has 0 fully saturated rings. The Balaban J connectivity index is 2.22. The van der Waals surface area contributed by atoms with E-state index in [2.05, 4.69) is 10.3 Å². The van der Waals surface area contributed by atoms with Crippen molar-refractivity contribution < 1.29 is 4.74 Å². The van der Waals surface area contributed by atoms with E-state index in [1.165, 1.54) is 0 Å². The molecule has 18 heavy (non-hydrogen) atoms. The van der Waals surface area contributed by atoms with Gasteiger partial charge in [-0.3, -0.25) is 0 Å². The molecule has 0 unspecified atom stereocenters. The third kappa shape index (κ3) is 3.14. The van der Waals surface area contributed by atoms with E-state index in [0.717, 1.165) is 17.0 Å². The quantitative estimate of drug-likeness (QED) is 0.828. The fourth-order valence-electron chi connectivity index (χ4n) is 1.63. The Morgan fingerprint density at radius 2 is 2.17 bits per heavy atom.